The summed E-state index contributed by atoms with van der Waals surface area (Å²) in [6.45, 7) is 0. The molecule has 0 bridgehead atoms. The summed E-state index contributed by atoms with van der Waals surface area (Å²) in [5.74, 6) is -0.109. The summed E-state index contributed by atoms with van der Waals surface area (Å²) in [6.07, 6.45) is -0.0695. The molecule has 0 fully saturated rings. The van der Waals surface area contributed by atoms with E-state index >= 15 is 0 Å². The van der Waals surface area contributed by atoms with Crippen LogP contribution in [-0.2, 0) is 0 Å². The van der Waals surface area contributed by atoms with Gasteiger partial charge in [-0.15, -0.1) is 0 Å². The maximum atomic E-state index is 9.88. The van der Waals surface area contributed by atoms with E-state index in [1.807, 2.05) is 24.3 Å². The number of aromatic nitrogens is 3. The molecule has 0 saturated carbocycles. The summed E-state index contributed by atoms with van der Waals surface area (Å²) >= 11 is 5.91. The molecule has 2 aromatic carbocycles. The highest BCUT2D eigenvalue weighted by Crippen LogP contribution is 2.34. The van der Waals surface area contributed by atoms with Crippen LogP contribution < -0.4 is 0 Å². The van der Waals surface area contributed by atoms with Crippen molar-refractivity contribution in [2.75, 3.05) is 0 Å². The van der Waals surface area contributed by atoms with E-state index in [2.05, 4.69) is 15.2 Å². The Kier molecular flexibility index (Phi) is 4.20. The number of nitrogens with one attached hydrogen (secondary N) is 1. The van der Waals surface area contributed by atoms with Crippen LogP contribution in [0.5, 0.6) is 0 Å². The average Bonchev–Trinajstić information content (AvgIpc) is 3.04. The standard InChI is InChI=1S/C16H14ClN3O2/c17-11-7-5-10(6-8-11)14(16(21)22)12-3-1-2-4-13(12)15-18-9-19-20-15/h1-9,14,16,21-22H,(H,18,19,20). The van der Waals surface area contributed by atoms with Gasteiger partial charge in [0.1, 0.15) is 6.33 Å². The predicted octanol–water partition coefficient (Wildman–Crippen LogP) is 2.57. The van der Waals surface area contributed by atoms with Gasteiger partial charge in [0.25, 0.3) is 0 Å². The first-order chi connectivity index (χ1) is 10.7. The van der Waals surface area contributed by atoms with Crippen LogP contribution in [-0.4, -0.2) is 31.7 Å². The fourth-order valence-corrected chi connectivity index (χ4v) is 2.62. The van der Waals surface area contributed by atoms with E-state index in [0.29, 0.717) is 10.8 Å². The molecule has 0 amide bonds. The van der Waals surface area contributed by atoms with E-state index in [1.165, 1.54) is 6.33 Å². The van der Waals surface area contributed by atoms with Crippen molar-refractivity contribution >= 4 is 11.6 Å². The van der Waals surface area contributed by atoms with Gasteiger partial charge < -0.3 is 10.2 Å². The molecule has 0 spiro atoms. The Bertz CT molecular complexity index is 742. The fraction of sp³-hybridized carbons (Fsp3) is 0.125. The van der Waals surface area contributed by atoms with Crippen LogP contribution in [0.15, 0.2) is 54.9 Å². The normalized spacial score (nSPS) is 12.5. The summed E-state index contributed by atoms with van der Waals surface area (Å²) in [5.41, 5.74) is 2.23. The van der Waals surface area contributed by atoms with E-state index < -0.39 is 12.2 Å². The first-order valence-electron chi connectivity index (χ1n) is 6.73. The van der Waals surface area contributed by atoms with E-state index in [4.69, 9.17) is 11.6 Å². The molecule has 1 atom stereocenters. The first kappa shape index (κ1) is 14.7. The molecule has 0 aliphatic rings. The third kappa shape index (κ3) is 2.87. The zero-order valence-electron chi connectivity index (χ0n) is 11.5. The molecule has 0 radical (unpaired) electrons. The van der Waals surface area contributed by atoms with Crippen LogP contribution in [0.2, 0.25) is 5.02 Å². The van der Waals surface area contributed by atoms with Crippen molar-refractivity contribution in [2.24, 2.45) is 0 Å². The molecular weight excluding hydrogens is 302 g/mol. The van der Waals surface area contributed by atoms with Crippen LogP contribution >= 0.6 is 11.6 Å². The lowest BCUT2D eigenvalue weighted by Gasteiger charge is -2.22. The van der Waals surface area contributed by atoms with Gasteiger partial charge in [-0.3, -0.25) is 5.10 Å². The Balaban J connectivity index is 2.12. The molecule has 1 aromatic heterocycles. The summed E-state index contributed by atoms with van der Waals surface area (Å²) in [7, 11) is 0. The summed E-state index contributed by atoms with van der Waals surface area (Å²) in [5, 5.41) is 27.1. The van der Waals surface area contributed by atoms with Crippen molar-refractivity contribution in [1.82, 2.24) is 15.2 Å². The smallest absolute Gasteiger partial charge is 0.181 e. The van der Waals surface area contributed by atoms with Gasteiger partial charge in [0.2, 0.25) is 0 Å². The van der Waals surface area contributed by atoms with Gasteiger partial charge in [0, 0.05) is 10.6 Å². The Labute approximate surface area is 132 Å². The molecule has 3 aromatic rings. The number of hydrogen-bond acceptors (Lipinski definition) is 4. The summed E-state index contributed by atoms with van der Waals surface area (Å²) < 4.78 is 0. The zero-order valence-corrected chi connectivity index (χ0v) is 12.3. The Morgan fingerprint density at radius 1 is 1.00 bits per heavy atom. The third-order valence-electron chi connectivity index (χ3n) is 3.48. The summed E-state index contributed by atoms with van der Waals surface area (Å²) in [4.78, 5) is 4.15. The summed E-state index contributed by atoms with van der Waals surface area (Å²) in [6, 6.07) is 14.4. The second-order valence-electron chi connectivity index (χ2n) is 4.85. The minimum Gasteiger partial charge on any atom is -0.367 e. The minimum atomic E-state index is -1.55. The monoisotopic (exact) mass is 315 g/mol. The first-order valence-corrected chi connectivity index (χ1v) is 7.11. The molecule has 3 rings (SSSR count). The molecule has 3 N–H and O–H groups in total. The maximum absolute atomic E-state index is 9.88. The number of nitrogens with zero attached hydrogens (tertiary/aromatic N) is 2. The van der Waals surface area contributed by atoms with Crippen molar-refractivity contribution in [2.45, 2.75) is 12.2 Å². The van der Waals surface area contributed by atoms with E-state index in [-0.39, 0.29) is 0 Å². The molecule has 5 nitrogen and oxygen atoms in total. The van der Waals surface area contributed by atoms with Gasteiger partial charge in [-0.1, -0.05) is 48.0 Å². The molecule has 1 unspecified atom stereocenters. The third-order valence-corrected chi connectivity index (χ3v) is 3.73. The van der Waals surface area contributed by atoms with Crippen LogP contribution in [0.1, 0.15) is 17.0 Å². The lowest BCUT2D eigenvalue weighted by Crippen LogP contribution is -2.19. The van der Waals surface area contributed by atoms with Gasteiger partial charge in [-0.05, 0) is 23.3 Å². The van der Waals surface area contributed by atoms with Gasteiger partial charge in [0.15, 0.2) is 12.1 Å². The van der Waals surface area contributed by atoms with Crippen LogP contribution in [0, 0.1) is 0 Å². The van der Waals surface area contributed by atoms with Crippen LogP contribution in [0.4, 0.5) is 0 Å². The Morgan fingerprint density at radius 3 is 2.36 bits per heavy atom. The molecule has 22 heavy (non-hydrogen) atoms. The number of hydrogen-bond donors (Lipinski definition) is 3. The largest absolute Gasteiger partial charge is 0.367 e. The average molecular weight is 316 g/mol. The van der Waals surface area contributed by atoms with Gasteiger partial charge in [-0.2, -0.15) is 5.10 Å². The second kappa shape index (κ2) is 6.27. The molecule has 0 aliphatic carbocycles. The molecule has 112 valence electrons. The molecule has 6 heteroatoms. The number of aliphatic hydroxyl groups is 2. The van der Waals surface area contributed by atoms with Crippen molar-refractivity contribution in [3.05, 3.63) is 71.0 Å². The SMILES string of the molecule is OC(O)C(c1ccc(Cl)cc1)c1ccccc1-c1nc[nH]n1. The maximum Gasteiger partial charge on any atom is 0.181 e. The van der Waals surface area contributed by atoms with E-state index in [0.717, 1.165) is 16.7 Å². The highest BCUT2D eigenvalue weighted by atomic mass is 35.5. The highest BCUT2D eigenvalue weighted by Gasteiger charge is 2.25. The fourth-order valence-electron chi connectivity index (χ4n) is 2.49. The van der Waals surface area contributed by atoms with Crippen molar-refractivity contribution < 1.29 is 10.2 Å². The van der Waals surface area contributed by atoms with E-state index in [1.54, 1.807) is 24.3 Å². The van der Waals surface area contributed by atoms with Gasteiger partial charge in [-0.25, -0.2) is 4.98 Å². The van der Waals surface area contributed by atoms with Gasteiger partial charge in [0.05, 0.1) is 5.92 Å². The molecular formula is C16H14ClN3O2. The second-order valence-corrected chi connectivity index (χ2v) is 5.29. The van der Waals surface area contributed by atoms with E-state index in [9.17, 15) is 10.2 Å². The number of aliphatic hydroxyl groups excluding tert-OH is 1. The lowest BCUT2D eigenvalue weighted by atomic mass is 9.87. The Hall–Kier alpha value is -2.21. The van der Waals surface area contributed by atoms with Gasteiger partial charge >= 0.3 is 0 Å². The minimum absolute atomic E-state index is 0.509. The number of aromatic amines is 1. The topological polar surface area (TPSA) is 82.0 Å². The molecule has 1 heterocycles. The zero-order chi connectivity index (χ0) is 15.5. The lowest BCUT2D eigenvalue weighted by molar-refractivity contribution is -0.0511. The Morgan fingerprint density at radius 2 is 1.73 bits per heavy atom. The van der Waals surface area contributed by atoms with Crippen LogP contribution in [0.3, 0.4) is 0 Å². The van der Waals surface area contributed by atoms with Crippen molar-refractivity contribution in [3.8, 4) is 11.4 Å². The number of halogens is 1. The predicted molar refractivity (Wildman–Crippen MR) is 83.3 cm³/mol. The highest BCUT2D eigenvalue weighted by molar-refractivity contribution is 6.30. The quantitative estimate of drug-likeness (QED) is 0.646. The molecule has 0 aliphatic heterocycles. The van der Waals surface area contributed by atoms with Crippen molar-refractivity contribution in [3.63, 3.8) is 0 Å². The number of H-pyrrole nitrogens is 1. The van der Waals surface area contributed by atoms with Crippen LogP contribution in [0.25, 0.3) is 11.4 Å². The molecule has 0 saturated heterocycles. The number of benzene rings is 2. The van der Waals surface area contributed by atoms with Crippen molar-refractivity contribution in [1.29, 1.82) is 0 Å². The number of rotatable bonds is 4.